The first-order valence-corrected chi connectivity index (χ1v) is 7.53. The number of rotatable bonds is 3. The third kappa shape index (κ3) is 3.04. The van der Waals surface area contributed by atoms with E-state index in [9.17, 15) is 17.6 Å². The van der Waals surface area contributed by atoms with Crippen LogP contribution in [-0.2, 0) is 6.42 Å². The lowest BCUT2D eigenvalue weighted by Gasteiger charge is -2.08. The summed E-state index contributed by atoms with van der Waals surface area (Å²) >= 11 is 0. The molecule has 0 fully saturated rings. The number of aryl methyl sites for hydroxylation is 1. The summed E-state index contributed by atoms with van der Waals surface area (Å²) < 4.78 is 54.1. The van der Waals surface area contributed by atoms with Crippen molar-refractivity contribution < 1.29 is 17.6 Å². The second-order valence-corrected chi connectivity index (χ2v) is 5.50. The van der Waals surface area contributed by atoms with Crippen molar-refractivity contribution in [3.8, 4) is 22.3 Å². The zero-order valence-electron chi connectivity index (χ0n) is 12.9. The molecular weight excluding hydrogens is 316 g/mol. The minimum atomic E-state index is -1.56. The monoisotopic (exact) mass is 330 g/mol. The molecule has 0 bridgehead atoms. The van der Waals surface area contributed by atoms with Crippen LogP contribution in [0.3, 0.4) is 0 Å². The van der Waals surface area contributed by atoms with E-state index in [1.165, 1.54) is 17.7 Å². The van der Waals surface area contributed by atoms with E-state index >= 15 is 0 Å². The van der Waals surface area contributed by atoms with E-state index in [0.717, 1.165) is 24.1 Å². The highest BCUT2D eigenvalue weighted by Crippen LogP contribution is 2.30. The molecular formula is C20H14F4. The molecule has 0 N–H and O–H groups in total. The van der Waals surface area contributed by atoms with Gasteiger partial charge in [0.1, 0.15) is 5.82 Å². The van der Waals surface area contributed by atoms with Gasteiger partial charge in [0.15, 0.2) is 17.5 Å². The van der Waals surface area contributed by atoms with Crippen LogP contribution in [0.1, 0.15) is 12.5 Å². The maximum atomic E-state index is 14.4. The van der Waals surface area contributed by atoms with Gasteiger partial charge in [0.2, 0.25) is 0 Å². The molecule has 0 unspecified atom stereocenters. The Morgan fingerprint density at radius 3 is 1.71 bits per heavy atom. The Bertz CT molecular complexity index is 860. The molecule has 122 valence electrons. The molecule has 0 spiro atoms. The van der Waals surface area contributed by atoms with Crippen molar-refractivity contribution >= 4 is 0 Å². The summed E-state index contributed by atoms with van der Waals surface area (Å²) in [6.07, 6.45) is 0.912. The average Bonchev–Trinajstić information content (AvgIpc) is 2.59. The molecule has 4 heteroatoms. The molecule has 0 aliphatic heterocycles. The van der Waals surface area contributed by atoms with Crippen molar-refractivity contribution in [1.29, 1.82) is 0 Å². The Balaban J connectivity index is 2.00. The Morgan fingerprint density at radius 2 is 1.17 bits per heavy atom. The predicted molar refractivity (Wildman–Crippen MR) is 86.5 cm³/mol. The molecule has 3 aromatic rings. The lowest BCUT2D eigenvalue weighted by molar-refractivity contribution is 0.447. The molecule has 0 nitrogen and oxygen atoms in total. The van der Waals surface area contributed by atoms with Crippen LogP contribution in [0.4, 0.5) is 17.6 Å². The van der Waals surface area contributed by atoms with E-state index in [-0.39, 0.29) is 11.1 Å². The van der Waals surface area contributed by atoms with E-state index in [1.807, 2.05) is 31.2 Å². The summed E-state index contributed by atoms with van der Waals surface area (Å²) in [6.45, 7) is 2.05. The van der Waals surface area contributed by atoms with E-state index in [4.69, 9.17) is 0 Å². The fourth-order valence-corrected chi connectivity index (χ4v) is 2.57. The van der Waals surface area contributed by atoms with Gasteiger partial charge < -0.3 is 0 Å². The highest BCUT2D eigenvalue weighted by molar-refractivity contribution is 5.71. The van der Waals surface area contributed by atoms with Gasteiger partial charge in [0.25, 0.3) is 0 Å². The predicted octanol–water partition coefficient (Wildman–Crippen LogP) is 6.14. The molecule has 3 aromatic carbocycles. The maximum absolute atomic E-state index is 14.4. The van der Waals surface area contributed by atoms with Crippen LogP contribution < -0.4 is 0 Å². The lowest BCUT2D eigenvalue weighted by Crippen LogP contribution is -1.94. The standard InChI is InChI=1S/C20H14F4/c1-2-12-3-5-13(6-4-12)14-7-8-16(17(21)9-14)15-10-18(22)20(24)19(23)11-15/h3-11H,2H2,1H3. The van der Waals surface area contributed by atoms with Gasteiger partial charge in [-0.2, -0.15) is 0 Å². The van der Waals surface area contributed by atoms with Crippen molar-refractivity contribution in [2.75, 3.05) is 0 Å². The van der Waals surface area contributed by atoms with Crippen LogP contribution in [0.15, 0.2) is 54.6 Å². The normalized spacial score (nSPS) is 10.9. The van der Waals surface area contributed by atoms with Gasteiger partial charge in [0.05, 0.1) is 0 Å². The molecule has 0 amide bonds. The molecule has 0 aliphatic carbocycles. The number of halogens is 4. The van der Waals surface area contributed by atoms with Crippen LogP contribution >= 0.6 is 0 Å². The molecule has 0 saturated heterocycles. The molecule has 3 rings (SSSR count). The van der Waals surface area contributed by atoms with Gasteiger partial charge in [-0.05, 0) is 46.9 Å². The minimum absolute atomic E-state index is 0.0155. The summed E-state index contributed by atoms with van der Waals surface area (Å²) in [5.74, 6) is -4.88. The summed E-state index contributed by atoms with van der Waals surface area (Å²) in [5.41, 5.74) is 2.64. The van der Waals surface area contributed by atoms with E-state index in [0.29, 0.717) is 5.56 Å². The number of hydrogen-bond acceptors (Lipinski definition) is 0. The van der Waals surface area contributed by atoms with Crippen molar-refractivity contribution in [3.63, 3.8) is 0 Å². The van der Waals surface area contributed by atoms with Crippen LogP contribution in [0, 0.1) is 23.3 Å². The fourth-order valence-electron chi connectivity index (χ4n) is 2.57. The Kier molecular flexibility index (Phi) is 4.38. The molecule has 0 atom stereocenters. The van der Waals surface area contributed by atoms with Crippen LogP contribution in [0.2, 0.25) is 0 Å². The van der Waals surface area contributed by atoms with Gasteiger partial charge in [-0.1, -0.05) is 43.3 Å². The number of benzene rings is 3. The SMILES string of the molecule is CCc1ccc(-c2ccc(-c3cc(F)c(F)c(F)c3)c(F)c2)cc1. The Labute approximate surface area is 137 Å². The molecule has 0 saturated carbocycles. The molecule has 24 heavy (non-hydrogen) atoms. The maximum Gasteiger partial charge on any atom is 0.194 e. The fraction of sp³-hybridized carbons (Fsp3) is 0.100. The van der Waals surface area contributed by atoms with E-state index < -0.39 is 23.3 Å². The Hall–Kier alpha value is -2.62. The van der Waals surface area contributed by atoms with Crippen molar-refractivity contribution in [1.82, 2.24) is 0 Å². The highest BCUT2D eigenvalue weighted by atomic mass is 19.2. The van der Waals surface area contributed by atoms with Gasteiger partial charge in [0, 0.05) is 5.56 Å². The first-order valence-electron chi connectivity index (χ1n) is 7.53. The summed E-state index contributed by atoms with van der Waals surface area (Å²) in [5, 5.41) is 0. The van der Waals surface area contributed by atoms with Gasteiger partial charge in [-0.25, -0.2) is 17.6 Å². The third-order valence-corrected chi connectivity index (χ3v) is 3.96. The average molecular weight is 330 g/mol. The summed E-state index contributed by atoms with van der Waals surface area (Å²) in [7, 11) is 0. The smallest absolute Gasteiger partial charge is 0.194 e. The molecule has 0 aromatic heterocycles. The minimum Gasteiger partial charge on any atom is -0.206 e. The van der Waals surface area contributed by atoms with Gasteiger partial charge >= 0.3 is 0 Å². The largest absolute Gasteiger partial charge is 0.206 e. The Morgan fingerprint density at radius 1 is 0.625 bits per heavy atom. The second kappa shape index (κ2) is 6.48. The third-order valence-electron chi connectivity index (χ3n) is 3.96. The summed E-state index contributed by atoms with van der Waals surface area (Å²) in [4.78, 5) is 0. The van der Waals surface area contributed by atoms with Crippen LogP contribution in [0.25, 0.3) is 22.3 Å². The van der Waals surface area contributed by atoms with Crippen molar-refractivity contribution in [3.05, 3.63) is 83.4 Å². The highest BCUT2D eigenvalue weighted by Gasteiger charge is 2.14. The van der Waals surface area contributed by atoms with E-state index in [2.05, 4.69) is 0 Å². The topological polar surface area (TPSA) is 0 Å². The summed E-state index contributed by atoms with van der Waals surface area (Å²) in [6, 6.07) is 13.7. The van der Waals surface area contributed by atoms with Gasteiger partial charge in [-0.15, -0.1) is 0 Å². The van der Waals surface area contributed by atoms with Crippen molar-refractivity contribution in [2.24, 2.45) is 0 Å². The zero-order chi connectivity index (χ0) is 17.3. The number of hydrogen-bond donors (Lipinski definition) is 0. The van der Waals surface area contributed by atoms with Crippen molar-refractivity contribution in [2.45, 2.75) is 13.3 Å². The first-order chi connectivity index (χ1) is 11.5. The van der Waals surface area contributed by atoms with E-state index in [1.54, 1.807) is 6.07 Å². The van der Waals surface area contributed by atoms with Gasteiger partial charge in [-0.3, -0.25) is 0 Å². The first kappa shape index (κ1) is 16.2. The lowest BCUT2D eigenvalue weighted by atomic mass is 9.98. The second-order valence-electron chi connectivity index (χ2n) is 5.50. The van der Waals surface area contributed by atoms with Crippen LogP contribution in [0.5, 0.6) is 0 Å². The zero-order valence-corrected chi connectivity index (χ0v) is 12.9. The molecule has 0 aliphatic rings. The molecule has 0 radical (unpaired) electrons. The van der Waals surface area contributed by atoms with Crippen LogP contribution in [-0.4, -0.2) is 0 Å². The quantitative estimate of drug-likeness (QED) is 0.400. The molecule has 0 heterocycles.